The highest BCUT2D eigenvalue weighted by Gasteiger charge is 2.21. The third-order valence-electron chi connectivity index (χ3n) is 1.67. The molecule has 1 saturated heterocycles. The normalized spacial score (nSPS) is 23.4. The third kappa shape index (κ3) is 1.62. The molecule has 0 saturated carbocycles. The number of hydrogen-bond donors (Lipinski definition) is 3. The molecule has 0 radical (unpaired) electrons. The second-order valence-electron chi connectivity index (χ2n) is 2.63. The van der Waals surface area contributed by atoms with Gasteiger partial charge in [-0.2, -0.15) is 0 Å². The Labute approximate surface area is 80.4 Å². The summed E-state index contributed by atoms with van der Waals surface area (Å²) in [6, 6.07) is 0. The van der Waals surface area contributed by atoms with E-state index < -0.39 is 0 Å². The lowest BCUT2D eigenvalue weighted by atomic mass is 10.4. The van der Waals surface area contributed by atoms with Crippen molar-refractivity contribution in [3.8, 4) is 0 Å². The topological polar surface area (TPSA) is 56.4 Å². The van der Waals surface area contributed by atoms with Gasteiger partial charge in [0, 0.05) is 6.20 Å². The van der Waals surface area contributed by atoms with E-state index in [4.69, 9.17) is 12.2 Å². The Morgan fingerprint density at radius 1 is 1.54 bits per heavy atom. The summed E-state index contributed by atoms with van der Waals surface area (Å²) in [4.78, 5) is 11.2. The minimum Gasteiger partial charge on any atom is -0.327 e. The second-order valence-corrected chi connectivity index (χ2v) is 3.04. The molecule has 0 aromatic heterocycles. The van der Waals surface area contributed by atoms with Gasteiger partial charge in [-0.25, -0.2) is 0 Å². The van der Waals surface area contributed by atoms with Gasteiger partial charge in [-0.05, 0) is 18.3 Å². The zero-order valence-electron chi connectivity index (χ0n) is 6.70. The summed E-state index contributed by atoms with van der Waals surface area (Å²) in [7, 11) is 0. The average Bonchev–Trinajstić information content (AvgIpc) is 2.63. The molecule has 0 aromatic carbocycles. The Bertz CT molecular complexity index is 314. The van der Waals surface area contributed by atoms with Crippen LogP contribution < -0.4 is 16.1 Å². The van der Waals surface area contributed by atoms with Crippen molar-refractivity contribution in [1.82, 2.24) is 21.1 Å². The molecular weight excluding hydrogens is 188 g/mol. The van der Waals surface area contributed by atoms with E-state index in [-0.39, 0.29) is 5.91 Å². The first kappa shape index (κ1) is 8.06. The summed E-state index contributed by atoms with van der Waals surface area (Å²) in [6.45, 7) is 0.741. The van der Waals surface area contributed by atoms with Gasteiger partial charge in [-0.1, -0.05) is 0 Å². The number of amides is 1. The first-order valence-corrected chi connectivity index (χ1v) is 4.18. The first-order chi connectivity index (χ1) is 6.25. The van der Waals surface area contributed by atoms with E-state index in [0.29, 0.717) is 10.8 Å². The Hall–Kier alpha value is -1.56. The van der Waals surface area contributed by atoms with Gasteiger partial charge in [-0.15, -0.1) is 0 Å². The van der Waals surface area contributed by atoms with E-state index in [9.17, 15) is 4.79 Å². The molecule has 1 fully saturated rings. The molecule has 2 rings (SSSR count). The fourth-order valence-electron chi connectivity index (χ4n) is 1.08. The molecule has 2 aliphatic heterocycles. The fraction of sp³-hybridized carbons (Fsp3) is 0.143. The number of hydrogen-bond acceptors (Lipinski definition) is 4. The molecule has 0 aliphatic carbocycles. The Balaban J connectivity index is 2.07. The maximum Gasteiger partial charge on any atom is 0.275 e. The third-order valence-corrected chi connectivity index (χ3v) is 1.87. The standard InChI is InChI=1S/C7H8N4OS/c12-6-5(9-7(13)10-6)4-11-3-1-2-8-11/h1-2,4,8H,3H2,(H2,9,10,12,13). The number of thiocarbonyl (C=S) groups is 1. The fourth-order valence-corrected chi connectivity index (χ4v) is 1.29. The molecule has 1 amide bonds. The summed E-state index contributed by atoms with van der Waals surface area (Å²) in [5.74, 6) is -0.196. The van der Waals surface area contributed by atoms with Crippen molar-refractivity contribution in [3.63, 3.8) is 0 Å². The number of carbonyl (C=O) groups excluding carboxylic acids is 1. The number of nitrogens with one attached hydrogen (secondary N) is 3. The Kier molecular flexibility index (Phi) is 1.90. The number of hydrazine groups is 1. The molecule has 2 aliphatic rings. The summed E-state index contributed by atoms with van der Waals surface area (Å²) in [6.07, 6.45) is 5.43. The van der Waals surface area contributed by atoms with Crippen LogP contribution in [-0.2, 0) is 4.79 Å². The molecule has 0 spiro atoms. The van der Waals surface area contributed by atoms with E-state index >= 15 is 0 Å². The zero-order valence-corrected chi connectivity index (χ0v) is 7.52. The molecule has 0 unspecified atom stereocenters. The van der Waals surface area contributed by atoms with Crippen molar-refractivity contribution in [2.75, 3.05) is 6.54 Å². The number of carbonyl (C=O) groups is 1. The van der Waals surface area contributed by atoms with E-state index in [1.54, 1.807) is 11.2 Å². The van der Waals surface area contributed by atoms with Crippen LogP contribution in [0, 0.1) is 0 Å². The zero-order chi connectivity index (χ0) is 9.26. The molecule has 0 aromatic rings. The van der Waals surface area contributed by atoms with Crippen LogP contribution in [0.25, 0.3) is 0 Å². The highest BCUT2D eigenvalue weighted by atomic mass is 32.1. The summed E-state index contributed by atoms with van der Waals surface area (Å²) in [5.41, 5.74) is 3.39. The quantitative estimate of drug-likeness (QED) is 0.377. The van der Waals surface area contributed by atoms with Crippen LogP contribution in [0.2, 0.25) is 0 Å². The van der Waals surface area contributed by atoms with Crippen molar-refractivity contribution >= 4 is 23.2 Å². The van der Waals surface area contributed by atoms with Crippen LogP contribution in [0.5, 0.6) is 0 Å². The molecule has 6 heteroatoms. The van der Waals surface area contributed by atoms with Crippen LogP contribution >= 0.6 is 12.2 Å². The van der Waals surface area contributed by atoms with Crippen molar-refractivity contribution in [2.24, 2.45) is 0 Å². The lowest BCUT2D eigenvalue weighted by Gasteiger charge is -2.12. The Morgan fingerprint density at radius 2 is 2.38 bits per heavy atom. The SMILES string of the molecule is O=C1NC(=S)NC1=CN1CC=CN1. The van der Waals surface area contributed by atoms with Crippen molar-refractivity contribution in [3.05, 3.63) is 24.2 Å². The van der Waals surface area contributed by atoms with Gasteiger partial charge in [0.05, 0.1) is 12.7 Å². The summed E-state index contributed by atoms with van der Waals surface area (Å²) >= 11 is 4.78. The van der Waals surface area contributed by atoms with Crippen molar-refractivity contribution in [1.29, 1.82) is 0 Å². The summed E-state index contributed by atoms with van der Waals surface area (Å²) in [5, 5.41) is 7.36. The van der Waals surface area contributed by atoms with Crippen molar-refractivity contribution in [2.45, 2.75) is 0 Å². The van der Waals surface area contributed by atoms with E-state index in [0.717, 1.165) is 6.54 Å². The minimum absolute atomic E-state index is 0.196. The summed E-state index contributed by atoms with van der Waals surface area (Å²) < 4.78 is 0. The van der Waals surface area contributed by atoms with E-state index in [2.05, 4.69) is 16.1 Å². The largest absolute Gasteiger partial charge is 0.327 e. The molecule has 68 valence electrons. The molecule has 0 atom stereocenters. The smallest absolute Gasteiger partial charge is 0.275 e. The van der Waals surface area contributed by atoms with E-state index in [1.165, 1.54) is 0 Å². The second kappa shape index (κ2) is 3.06. The van der Waals surface area contributed by atoms with Crippen LogP contribution in [0.1, 0.15) is 0 Å². The van der Waals surface area contributed by atoms with Gasteiger partial charge < -0.3 is 10.7 Å². The van der Waals surface area contributed by atoms with Gasteiger partial charge in [-0.3, -0.25) is 15.1 Å². The first-order valence-electron chi connectivity index (χ1n) is 3.78. The van der Waals surface area contributed by atoms with Gasteiger partial charge in [0.25, 0.3) is 5.91 Å². The molecular formula is C7H8N4OS. The maximum atomic E-state index is 11.2. The molecule has 0 bridgehead atoms. The van der Waals surface area contributed by atoms with Crippen LogP contribution in [0.4, 0.5) is 0 Å². The van der Waals surface area contributed by atoms with Crippen molar-refractivity contribution < 1.29 is 4.79 Å². The number of nitrogens with zero attached hydrogens (tertiary/aromatic N) is 1. The van der Waals surface area contributed by atoms with Gasteiger partial charge >= 0.3 is 0 Å². The lowest BCUT2D eigenvalue weighted by Crippen LogP contribution is -2.26. The van der Waals surface area contributed by atoms with Gasteiger partial charge in [0.1, 0.15) is 5.70 Å². The Morgan fingerprint density at radius 3 is 2.92 bits per heavy atom. The van der Waals surface area contributed by atoms with Crippen LogP contribution in [-0.4, -0.2) is 22.6 Å². The minimum atomic E-state index is -0.196. The average molecular weight is 196 g/mol. The van der Waals surface area contributed by atoms with Gasteiger partial charge in [0.2, 0.25) is 0 Å². The monoisotopic (exact) mass is 196 g/mol. The van der Waals surface area contributed by atoms with Crippen LogP contribution in [0.3, 0.4) is 0 Å². The molecule has 3 N–H and O–H groups in total. The number of rotatable bonds is 1. The highest BCUT2D eigenvalue weighted by Crippen LogP contribution is 2.01. The molecule has 2 heterocycles. The lowest BCUT2D eigenvalue weighted by molar-refractivity contribution is -0.115. The van der Waals surface area contributed by atoms with E-state index in [1.807, 2.05) is 12.3 Å². The predicted octanol–water partition coefficient (Wildman–Crippen LogP) is -0.834. The highest BCUT2D eigenvalue weighted by molar-refractivity contribution is 7.80. The molecule has 5 nitrogen and oxygen atoms in total. The van der Waals surface area contributed by atoms with Gasteiger partial charge in [0.15, 0.2) is 5.11 Å². The van der Waals surface area contributed by atoms with Crippen LogP contribution in [0.15, 0.2) is 24.2 Å². The maximum absolute atomic E-state index is 11.2. The predicted molar refractivity (Wildman–Crippen MR) is 50.9 cm³/mol. The molecule has 13 heavy (non-hydrogen) atoms.